The van der Waals surface area contributed by atoms with Gasteiger partial charge in [-0.25, -0.2) is 0 Å². The average molecular weight is 364 g/mol. The van der Waals surface area contributed by atoms with Gasteiger partial charge in [-0.15, -0.1) is 0 Å². The van der Waals surface area contributed by atoms with Gasteiger partial charge >= 0.3 is 0 Å². The number of hydrogen-bond donors (Lipinski definition) is 1. The zero-order chi connectivity index (χ0) is 18.8. The fourth-order valence-electron chi connectivity index (χ4n) is 2.48. The normalized spacial score (nSPS) is 19.4. The molecule has 25 heavy (non-hydrogen) atoms. The van der Waals surface area contributed by atoms with Crippen molar-refractivity contribution in [3.05, 3.63) is 34.4 Å². The number of carbonyl (C=O) groups is 2. The van der Waals surface area contributed by atoms with Crippen molar-refractivity contribution in [2.75, 3.05) is 12.4 Å². The van der Waals surface area contributed by atoms with E-state index in [1.54, 1.807) is 18.0 Å². The van der Waals surface area contributed by atoms with E-state index in [4.69, 9.17) is 0 Å². The predicted molar refractivity (Wildman–Crippen MR) is 97.7 cm³/mol. The van der Waals surface area contributed by atoms with Gasteiger partial charge in [0.05, 0.1) is 4.92 Å². The van der Waals surface area contributed by atoms with Crippen LogP contribution in [0.25, 0.3) is 0 Å². The number of thioether (sulfide) groups is 1. The number of nitro benzene ring substituents is 1. The number of carbonyl (C=O) groups excluding carboxylic acids is 2. The van der Waals surface area contributed by atoms with Gasteiger partial charge in [0.25, 0.3) is 5.69 Å². The first-order chi connectivity index (χ1) is 11.6. The van der Waals surface area contributed by atoms with Crippen LogP contribution in [0.2, 0.25) is 0 Å². The van der Waals surface area contributed by atoms with Crippen LogP contribution < -0.4 is 5.32 Å². The lowest BCUT2D eigenvalue weighted by molar-refractivity contribution is -0.383. The quantitative estimate of drug-likeness (QED) is 0.653. The Hall–Kier alpha value is -2.42. The van der Waals surface area contributed by atoms with E-state index in [2.05, 4.69) is 10.3 Å². The van der Waals surface area contributed by atoms with Gasteiger partial charge in [0.2, 0.25) is 11.8 Å². The summed E-state index contributed by atoms with van der Waals surface area (Å²) in [6.45, 7) is 5.69. The summed E-state index contributed by atoms with van der Waals surface area (Å²) < 4.78 is 0. The van der Waals surface area contributed by atoms with E-state index in [0.717, 1.165) is 0 Å². The van der Waals surface area contributed by atoms with E-state index in [0.29, 0.717) is 5.17 Å². The SMILES string of the molecule is CN=C1SC(CC(=O)Nc2ccccc2[N+](=O)[O-])C(=O)N1C(C)(C)C. The molecule has 0 bridgehead atoms. The summed E-state index contributed by atoms with van der Waals surface area (Å²) in [7, 11) is 1.60. The fraction of sp³-hybridized carbons (Fsp3) is 0.438. The molecule has 1 aromatic rings. The van der Waals surface area contributed by atoms with E-state index < -0.39 is 21.6 Å². The van der Waals surface area contributed by atoms with Crippen LogP contribution in [0.3, 0.4) is 0 Å². The van der Waals surface area contributed by atoms with Crippen LogP contribution in [0.15, 0.2) is 29.3 Å². The highest BCUT2D eigenvalue weighted by atomic mass is 32.2. The molecule has 0 aromatic heterocycles. The maximum atomic E-state index is 12.6. The van der Waals surface area contributed by atoms with E-state index in [1.807, 2.05) is 20.8 Å². The molecule has 1 N–H and O–H groups in total. The number of para-hydroxylation sites is 2. The third kappa shape index (κ3) is 4.16. The Labute approximate surface area is 149 Å². The highest BCUT2D eigenvalue weighted by molar-refractivity contribution is 8.15. The molecule has 0 radical (unpaired) electrons. The standard InChI is InChI=1S/C16H20N4O4S/c1-16(2,3)19-14(22)12(25-15(19)17-4)9-13(21)18-10-7-5-6-8-11(10)20(23)24/h5-8,12H,9H2,1-4H3,(H,18,21). The molecule has 1 unspecified atom stereocenters. The van der Waals surface area contributed by atoms with Crippen LogP contribution in [-0.2, 0) is 9.59 Å². The van der Waals surface area contributed by atoms with Crippen molar-refractivity contribution in [3.8, 4) is 0 Å². The summed E-state index contributed by atoms with van der Waals surface area (Å²) >= 11 is 1.23. The maximum absolute atomic E-state index is 12.6. The summed E-state index contributed by atoms with van der Waals surface area (Å²) in [4.78, 5) is 41.1. The van der Waals surface area contributed by atoms with Gasteiger partial charge in [-0.3, -0.25) is 29.6 Å². The first-order valence-electron chi connectivity index (χ1n) is 7.66. The molecule has 1 aliphatic rings. The number of amides is 2. The van der Waals surface area contributed by atoms with Crippen molar-refractivity contribution in [2.45, 2.75) is 38.0 Å². The Morgan fingerprint density at radius 3 is 2.56 bits per heavy atom. The zero-order valence-corrected chi connectivity index (χ0v) is 15.3. The molecule has 9 heteroatoms. The minimum Gasteiger partial charge on any atom is -0.320 e. The Kier molecular flexibility index (Phi) is 5.46. The molecule has 2 amide bonds. The molecule has 1 heterocycles. The van der Waals surface area contributed by atoms with Crippen LogP contribution >= 0.6 is 11.8 Å². The van der Waals surface area contributed by atoms with Crippen LogP contribution in [-0.4, -0.2) is 44.6 Å². The average Bonchev–Trinajstić information content (AvgIpc) is 2.83. The number of rotatable bonds is 4. The molecule has 0 saturated carbocycles. The van der Waals surface area contributed by atoms with E-state index >= 15 is 0 Å². The van der Waals surface area contributed by atoms with Gasteiger partial charge in [-0.2, -0.15) is 0 Å². The van der Waals surface area contributed by atoms with E-state index in [-0.39, 0.29) is 23.7 Å². The van der Waals surface area contributed by atoms with Crippen molar-refractivity contribution in [3.63, 3.8) is 0 Å². The molecule has 1 aromatic carbocycles. The lowest BCUT2D eigenvalue weighted by Gasteiger charge is -2.31. The molecule has 0 spiro atoms. The lowest BCUT2D eigenvalue weighted by Crippen LogP contribution is -2.46. The van der Waals surface area contributed by atoms with Crippen LogP contribution in [0.5, 0.6) is 0 Å². The number of nitro groups is 1. The van der Waals surface area contributed by atoms with Gasteiger partial charge in [-0.1, -0.05) is 23.9 Å². The summed E-state index contributed by atoms with van der Waals surface area (Å²) in [5.41, 5.74) is -0.513. The second-order valence-corrected chi connectivity index (χ2v) is 7.65. The van der Waals surface area contributed by atoms with Crippen LogP contribution in [0.1, 0.15) is 27.2 Å². The fourth-order valence-corrected chi connectivity index (χ4v) is 3.75. The second kappa shape index (κ2) is 7.22. The number of amidine groups is 1. The first kappa shape index (κ1) is 18.9. The van der Waals surface area contributed by atoms with Crippen LogP contribution in [0.4, 0.5) is 11.4 Å². The summed E-state index contributed by atoms with van der Waals surface area (Å²) in [6.07, 6.45) is -0.0822. The summed E-state index contributed by atoms with van der Waals surface area (Å²) in [6, 6.07) is 5.89. The minimum atomic E-state index is -0.597. The molecule has 0 aliphatic carbocycles. The predicted octanol–water partition coefficient (Wildman–Crippen LogP) is 2.65. The lowest BCUT2D eigenvalue weighted by atomic mass is 10.1. The Balaban J connectivity index is 2.12. The third-order valence-electron chi connectivity index (χ3n) is 3.54. The number of nitrogens with one attached hydrogen (secondary N) is 1. The molecule has 1 aliphatic heterocycles. The van der Waals surface area contributed by atoms with Gasteiger partial charge in [0.1, 0.15) is 10.9 Å². The molecule has 8 nitrogen and oxygen atoms in total. The Morgan fingerprint density at radius 2 is 2.04 bits per heavy atom. The second-order valence-electron chi connectivity index (χ2n) is 6.48. The van der Waals surface area contributed by atoms with E-state index in [9.17, 15) is 19.7 Å². The highest BCUT2D eigenvalue weighted by Crippen LogP contribution is 2.34. The topological polar surface area (TPSA) is 105 Å². The minimum absolute atomic E-state index is 0.0822. The van der Waals surface area contributed by atoms with Gasteiger partial charge in [0, 0.05) is 25.1 Å². The van der Waals surface area contributed by atoms with Crippen molar-refractivity contribution in [1.82, 2.24) is 4.90 Å². The number of aliphatic imine (C=N–C) groups is 1. The molecule has 1 atom stereocenters. The number of benzene rings is 1. The zero-order valence-electron chi connectivity index (χ0n) is 14.5. The molecule has 1 saturated heterocycles. The smallest absolute Gasteiger partial charge is 0.292 e. The molecule has 134 valence electrons. The largest absolute Gasteiger partial charge is 0.320 e. The highest BCUT2D eigenvalue weighted by Gasteiger charge is 2.43. The van der Waals surface area contributed by atoms with Crippen molar-refractivity contribution in [1.29, 1.82) is 0 Å². The van der Waals surface area contributed by atoms with Crippen LogP contribution in [0, 0.1) is 10.1 Å². The van der Waals surface area contributed by atoms with E-state index in [1.165, 1.54) is 30.0 Å². The van der Waals surface area contributed by atoms with Crippen molar-refractivity contribution >= 4 is 40.1 Å². The first-order valence-corrected chi connectivity index (χ1v) is 8.54. The third-order valence-corrected chi connectivity index (χ3v) is 4.77. The maximum Gasteiger partial charge on any atom is 0.292 e. The molecular formula is C16H20N4O4S. The number of anilines is 1. The Morgan fingerprint density at radius 1 is 1.40 bits per heavy atom. The molecular weight excluding hydrogens is 344 g/mol. The number of hydrogen-bond acceptors (Lipinski definition) is 6. The molecule has 1 fully saturated rings. The summed E-state index contributed by atoms with van der Waals surface area (Å²) in [5, 5.41) is 13.5. The Bertz CT molecular complexity index is 742. The van der Waals surface area contributed by atoms with Gasteiger partial charge in [0.15, 0.2) is 5.17 Å². The van der Waals surface area contributed by atoms with Gasteiger partial charge in [-0.05, 0) is 26.8 Å². The summed E-state index contributed by atoms with van der Waals surface area (Å²) in [5.74, 6) is -0.637. The monoisotopic (exact) mass is 364 g/mol. The van der Waals surface area contributed by atoms with Crippen molar-refractivity contribution < 1.29 is 14.5 Å². The molecule has 2 rings (SSSR count). The number of nitrogens with zero attached hydrogens (tertiary/aromatic N) is 3. The van der Waals surface area contributed by atoms with Gasteiger partial charge < -0.3 is 5.32 Å². The van der Waals surface area contributed by atoms with Crippen molar-refractivity contribution in [2.24, 2.45) is 4.99 Å².